The average Bonchev–Trinajstić information content (AvgIpc) is 2.72. The molecule has 1 aromatic carbocycles. The van der Waals surface area contributed by atoms with Crippen LogP contribution in [0.4, 0.5) is 0 Å². The van der Waals surface area contributed by atoms with E-state index in [1.54, 1.807) is 0 Å². The fourth-order valence-corrected chi connectivity index (χ4v) is 2.74. The maximum atomic E-state index is 11.6. The minimum absolute atomic E-state index is 0.425. The highest BCUT2D eigenvalue weighted by Crippen LogP contribution is 2.28. The van der Waals surface area contributed by atoms with Gasteiger partial charge < -0.3 is 5.11 Å². The van der Waals surface area contributed by atoms with Gasteiger partial charge in [-0.1, -0.05) is 30.3 Å². The molecule has 1 heterocycles. The number of carboxylic acids is 1. The molecule has 0 aliphatic rings. The van der Waals surface area contributed by atoms with Gasteiger partial charge in [-0.3, -0.25) is 9.48 Å². The first-order chi connectivity index (χ1) is 9.54. The van der Waals surface area contributed by atoms with Gasteiger partial charge in [-0.25, -0.2) is 0 Å². The summed E-state index contributed by atoms with van der Waals surface area (Å²) in [6.07, 6.45) is 0.425. The topological polar surface area (TPSA) is 55.1 Å². The number of carbonyl (C=O) groups is 1. The number of rotatable bonds is 5. The summed E-state index contributed by atoms with van der Waals surface area (Å²) >= 11 is 3.52. The quantitative estimate of drug-likeness (QED) is 0.910. The first-order valence-corrected chi connectivity index (χ1v) is 7.33. The molecule has 1 atom stereocenters. The van der Waals surface area contributed by atoms with Crippen molar-refractivity contribution in [3.8, 4) is 0 Å². The second-order valence-electron chi connectivity index (χ2n) is 4.67. The molecule has 0 aliphatic carbocycles. The van der Waals surface area contributed by atoms with E-state index >= 15 is 0 Å². The zero-order chi connectivity index (χ0) is 14.7. The summed E-state index contributed by atoms with van der Waals surface area (Å²) in [5.74, 6) is -1.38. The van der Waals surface area contributed by atoms with Crippen LogP contribution in [-0.2, 0) is 17.8 Å². The van der Waals surface area contributed by atoms with Crippen molar-refractivity contribution in [1.29, 1.82) is 0 Å². The molecular formula is C15H17BrN2O2. The average molecular weight is 337 g/mol. The number of carboxylic acid groups (broad SMARTS) is 1. The van der Waals surface area contributed by atoms with Gasteiger partial charge in [-0.05, 0) is 35.3 Å². The van der Waals surface area contributed by atoms with Crippen molar-refractivity contribution in [2.24, 2.45) is 0 Å². The Morgan fingerprint density at radius 2 is 2.05 bits per heavy atom. The lowest BCUT2D eigenvalue weighted by Crippen LogP contribution is -2.17. The maximum Gasteiger partial charge on any atom is 0.311 e. The van der Waals surface area contributed by atoms with E-state index in [0.29, 0.717) is 6.42 Å². The van der Waals surface area contributed by atoms with Crippen LogP contribution >= 0.6 is 15.9 Å². The maximum absolute atomic E-state index is 11.6. The number of aromatic nitrogens is 2. The van der Waals surface area contributed by atoms with Gasteiger partial charge in [0.15, 0.2) is 0 Å². The molecule has 0 aliphatic heterocycles. The molecule has 0 radical (unpaired) electrons. The molecule has 0 saturated carbocycles. The fraction of sp³-hybridized carbons (Fsp3) is 0.333. The number of hydrogen-bond acceptors (Lipinski definition) is 2. The minimum Gasteiger partial charge on any atom is -0.481 e. The first kappa shape index (κ1) is 14.8. The van der Waals surface area contributed by atoms with Crippen molar-refractivity contribution in [3.63, 3.8) is 0 Å². The van der Waals surface area contributed by atoms with E-state index in [1.165, 1.54) is 0 Å². The SMILES string of the molecule is CCn1nc(C)c(Br)c1CC(C(=O)O)c1ccccc1. The third-order valence-corrected chi connectivity index (χ3v) is 4.38. The van der Waals surface area contributed by atoms with E-state index in [9.17, 15) is 9.90 Å². The number of halogens is 1. The van der Waals surface area contributed by atoms with Gasteiger partial charge in [0.2, 0.25) is 0 Å². The minimum atomic E-state index is -0.815. The highest BCUT2D eigenvalue weighted by atomic mass is 79.9. The Bertz CT molecular complexity index is 608. The van der Waals surface area contributed by atoms with Crippen molar-refractivity contribution in [2.75, 3.05) is 0 Å². The molecule has 20 heavy (non-hydrogen) atoms. The summed E-state index contributed by atoms with van der Waals surface area (Å²) in [7, 11) is 0. The number of benzene rings is 1. The summed E-state index contributed by atoms with van der Waals surface area (Å²) in [5.41, 5.74) is 2.63. The van der Waals surface area contributed by atoms with Gasteiger partial charge in [-0.15, -0.1) is 0 Å². The van der Waals surface area contributed by atoms with Crippen LogP contribution in [0.5, 0.6) is 0 Å². The predicted molar refractivity (Wildman–Crippen MR) is 80.9 cm³/mol. The van der Waals surface area contributed by atoms with Crippen molar-refractivity contribution >= 4 is 21.9 Å². The molecule has 2 aromatic rings. The van der Waals surface area contributed by atoms with E-state index in [1.807, 2.05) is 48.9 Å². The molecule has 0 bridgehead atoms. The van der Waals surface area contributed by atoms with E-state index in [0.717, 1.165) is 28.0 Å². The number of nitrogens with zero attached hydrogens (tertiary/aromatic N) is 2. The molecule has 1 unspecified atom stereocenters. The number of hydrogen-bond donors (Lipinski definition) is 1. The Hall–Kier alpha value is -1.62. The van der Waals surface area contributed by atoms with E-state index in [4.69, 9.17) is 0 Å². The summed E-state index contributed by atoms with van der Waals surface area (Å²) in [6.45, 7) is 4.64. The van der Waals surface area contributed by atoms with Crippen molar-refractivity contribution in [2.45, 2.75) is 32.7 Å². The van der Waals surface area contributed by atoms with Crippen molar-refractivity contribution < 1.29 is 9.90 Å². The van der Waals surface area contributed by atoms with Gasteiger partial charge in [0.1, 0.15) is 0 Å². The van der Waals surface area contributed by atoms with E-state index < -0.39 is 11.9 Å². The van der Waals surface area contributed by atoms with Crippen molar-refractivity contribution in [1.82, 2.24) is 9.78 Å². The molecule has 1 N–H and O–H groups in total. The van der Waals surface area contributed by atoms with Gasteiger partial charge in [0.25, 0.3) is 0 Å². The van der Waals surface area contributed by atoms with E-state index in [-0.39, 0.29) is 0 Å². The van der Waals surface area contributed by atoms with Gasteiger partial charge in [0, 0.05) is 13.0 Å². The van der Waals surface area contributed by atoms with Crippen LogP contribution in [0.2, 0.25) is 0 Å². The zero-order valence-corrected chi connectivity index (χ0v) is 13.1. The molecular weight excluding hydrogens is 320 g/mol. The van der Waals surface area contributed by atoms with Crippen LogP contribution in [-0.4, -0.2) is 20.9 Å². The second kappa shape index (κ2) is 6.22. The highest BCUT2D eigenvalue weighted by molar-refractivity contribution is 9.10. The Kier molecular flexibility index (Phi) is 4.60. The molecule has 5 heteroatoms. The lowest BCUT2D eigenvalue weighted by atomic mass is 9.94. The molecule has 4 nitrogen and oxygen atoms in total. The number of aryl methyl sites for hydroxylation is 2. The molecule has 2 rings (SSSR count). The van der Waals surface area contributed by atoms with Crippen LogP contribution in [0.25, 0.3) is 0 Å². The van der Waals surface area contributed by atoms with Crippen LogP contribution in [0.3, 0.4) is 0 Å². The second-order valence-corrected chi connectivity index (χ2v) is 5.46. The highest BCUT2D eigenvalue weighted by Gasteiger charge is 2.24. The van der Waals surface area contributed by atoms with Crippen LogP contribution in [0.15, 0.2) is 34.8 Å². The monoisotopic (exact) mass is 336 g/mol. The van der Waals surface area contributed by atoms with Gasteiger partial charge in [0.05, 0.1) is 21.8 Å². The van der Waals surface area contributed by atoms with Crippen molar-refractivity contribution in [3.05, 3.63) is 51.8 Å². The van der Waals surface area contributed by atoms with Gasteiger partial charge >= 0.3 is 5.97 Å². The molecule has 1 aromatic heterocycles. The summed E-state index contributed by atoms with van der Waals surface area (Å²) < 4.78 is 2.76. The normalized spacial score (nSPS) is 12.3. The summed E-state index contributed by atoms with van der Waals surface area (Å²) in [6, 6.07) is 9.32. The van der Waals surface area contributed by atoms with Crippen LogP contribution in [0, 0.1) is 6.92 Å². The fourth-order valence-electron chi connectivity index (χ4n) is 2.29. The smallest absolute Gasteiger partial charge is 0.311 e. The standard InChI is InChI=1S/C15H17BrN2O2/c1-3-18-13(14(16)10(2)17-18)9-12(15(19)20)11-7-5-4-6-8-11/h4-8,12H,3,9H2,1-2H3,(H,19,20). The lowest BCUT2D eigenvalue weighted by molar-refractivity contribution is -0.138. The van der Waals surface area contributed by atoms with Gasteiger partial charge in [-0.2, -0.15) is 5.10 Å². The Labute approximate surface area is 126 Å². The molecule has 0 amide bonds. The largest absolute Gasteiger partial charge is 0.481 e. The Morgan fingerprint density at radius 1 is 1.40 bits per heavy atom. The molecule has 0 spiro atoms. The molecule has 106 valence electrons. The number of aliphatic carboxylic acids is 1. The molecule has 0 fully saturated rings. The third kappa shape index (κ3) is 2.93. The lowest BCUT2D eigenvalue weighted by Gasteiger charge is -2.14. The first-order valence-electron chi connectivity index (χ1n) is 6.54. The van der Waals surface area contributed by atoms with Crippen LogP contribution in [0.1, 0.15) is 29.8 Å². The summed E-state index contributed by atoms with van der Waals surface area (Å²) in [4.78, 5) is 11.6. The predicted octanol–water partition coefficient (Wildman–Crippen LogP) is 3.38. The Morgan fingerprint density at radius 3 is 2.60 bits per heavy atom. The molecule has 0 saturated heterocycles. The zero-order valence-electron chi connectivity index (χ0n) is 11.5. The van der Waals surface area contributed by atoms with E-state index in [2.05, 4.69) is 21.0 Å². The Balaban J connectivity index is 2.37. The van der Waals surface area contributed by atoms with Crippen LogP contribution < -0.4 is 0 Å². The third-order valence-electron chi connectivity index (χ3n) is 3.35. The summed E-state index contributed by atoms with van der Waals surface area (Å²) in [5, 5.41) is 13.9.